The minimum atomic E-state index is -0.565. The summed E-state index contributed by atoms with van der Waals surface area (Å²) in [6.45, 7) is 1.78. The highest BCUT2D eigenvalue weighted by Crippen LogP contribution is 2.33. The quantitative estimate of drug-likeness (QED) is 0.655. The van der Waals surface area contributed by atoms with Gasteiger partial charge in [0.2, 0.25) is 17.7 Å². The molecule has 0 spiro atoms. The Bertz CT molecular complexity index is 857. The third-order valence-corrected chi connectivity index (χ3v) is 7.47. The predicted octanol–water partition coefficient (Wildman–Crippen LogP) is 2.21. The maximum absolute atomic E-state index is 13.5. The molecular formula is C25H36N4O3. The van der Waals surface area contributed by atoms with Gasteiger partial charge in [-0.1, -0.05) is 37.1 Å². The first-order valence-corrected chi connectivity index (χ1v) is 12.2. The van der Waals surface area contributed by atoms with Crippen molar-refractivity contribution in [3.05, 3.63) is 35.4 Å². The van der Waals surface area contributed by atoms with E-state index in [-0.39, 0.29) is 35.8 Å². The summed E-state index contributed by atoms with van der Waals surface area (Å²) in [5.41, 5.74) is 2.50. The highest BCUT2D eigenvalue weighted by atomic mass is 16.2. The Balaban J connectivity index is 1.49. The molecule has 7 nitrogen and oxygen atoms in total. The second-order valence-corrected chi connectivity index (χ2v) is 9.50. The van der Waals surface area contributed by atoms with E-state index < -0.39 is 12.1 Å². The summed E-state index contributed by atoms with van der Waals surface area (Å²) >= 11 is 0. The number of carbonyl (C=O) groups is 3. The fourth-order valence-electron chi connectivity index (χ4n) is 5.52. The fourth-order valence-corrected chi connectivity index (χ4v) is 5.52. The molecule has 0 bridgehead atoms. The molecule has 0 unspecified atom stereocenters. The predicted molar refractivity (Wildman–Crippen MR) is 123 cm³/mol. The van der Waals surface area contributed by atoms with E-state index in [2.05, 4.69) is 28.1 Å². The third kappa shape index (κ3) is 4.68. The van der Waals surface area contributed by atoms with Crippen LogP contribution in [0, 0.1) is 0 Å². The molecule has 174 valence electrons. The monoisotopic (exact) mass is 440 g/mol. The van der Waals surface area contributed by atoms with Gasteiger partial charge in [-0.05, 0) is 70.0 Å². The number of carbonyl (C=O) groups excluding carboxylic acids is 3. The Hall–Kier alpha value is -2.41. The summed E-state index contributed by atoms with van der Waals surface area (Å²) in [6, 6.07) is 7.01. The zero-order valence-corrected chi connectivity index (χ0v) is 19.2. The molecule has 3 amide bonds. The molecule has 2 aliphatic heterocycles. The van der Waals surface area contributed by atoms with Crippen LogP contribution in [0.4, 0.5) is 0 Å². The molecule has 3 N–H and O–H groups in total. The molecule has 1 aliphatic carbocycles. The third-order valence-electron chi connectivity index (χ3n) is 7.47. The number of fused-ring (bicyclic) bond motifs is 2. The number of likely N-dealkylation sites (N-methyl/N-ethyl adjacent to an activating group) is 1. The summed E-state index contributed by atoms with van der Waals surface area (Å²) in [6.07, 6.45) is 8.01. The number of nitrogens with zero attached hydrogens (tertiary/aromatic N) is 1. The molecule has 1 aromatic rings. The van der Waals surface area contributed by atoms with Gasteiger partial charge in [-0.3, -0.25) is 14.4 Å². The Labute approximate surface area is 190 Å². The second kappa shape index (κ2) is 10.0. The zero-order chi connectivity index (χ0) is 22.7. The lowest BCUT2D eigenvalue weighted by Crippen LogP contribution is -2.58. The van der Waals surface area contributed by atoms with E-state index in [0.717, 1.165) is 44.9 Å². The van der Waals surface area contributed by atoms with E-state index in [9.17, 15) is 14.4 Å². The van der Waals surface area contributed by atoms with Gasteiger partial charge >= 0.3 is 0 Å². The van der Waals surface area contributed by atoms with Gasteiger partial charge in [-0.15, -0.1) is 0 Å². The van der Waals surface area contributed by atoms with Gasteiger partial charge in [-0.2, -0.15) is 0 Å². The van der Waals surface area contributed by atoms with Crippen molar-refractivity contribution in [3.8, 4) is 0 Å². The van der Waals surface area contributed by atoms with Crippen LogP contribution in [-0.4, -0.2) is 53.8 Å². The highest BCUT2D eigenvalue weighted by molar-refractivity contribution is 5.93. The van der Waals surface area contributed by atoms with Crippen LogP contribution in [0.25, 0.3) is 0 Å². The van der Waals surface area contributed by atoms with Crippen molar-refractivity contribution in [2.24, 2.45) is 0 Å². The molecule has 7 heteroatoms. The molecule has 2 fully saturated rings. The van der Waals surface area contributed by atoms with Crippen molar-refractivity contribution in [1.29, 1.82) is 0 Å². The smallest absolute Gasteiger partial charge is 0.246 e. The lowest BCUT2D eigenvalue weighted by molar-refractivity contribution is -0.144. The molecule has 1 aromatic carbocycles. The van der Waals surface area contributed by atoms with E-state index in [4.69, 9.17) is 0 Å². The zero-order valence-electron chi connectivity index (χ0n) is 19.2. The molecule has 0 saturated carbocycles. The van der Waals surface area contributed by atoms with Crippen LogP contribution in [0.5, 0.6) is 0 Å². The average Bonchev–Trinajstić information content (AvgIpc) is 3.22. The standard InChI is InChI=1S/C25H36N4O3/c1-16(26-2)23(30)28-21-12-6-4-10-18-14-15-22(29(18)25(21)32)24(31)27-20-13-7-9-17-8-3-5-11-19(17)20/h3,5,8,11,16,18,20-22,26H,4,6-7,9-10,12-15H2,1-2H3,(H,27,31)(H,28,30)/t16-,18-,20+,21-,22-/m0/s1. The van der Waals surface area contributed by atoms with E-state index >= 15 is 0 Å². The second-order valence-electron chi connectivity index (χ2n) is 9.50. The van der Waals surface area contributed by atoms with Crippen LogP contribution in [0.3, 0.4) is 0 Å². The van der Waals surface area contributed by atoms with Gasteiger partial charge in [0.05, 0.1) is 12.1 Å². The molecule has 32 heavy (non-hydrogen) atoms. The van der Waals surface area contributed by atoms with Crippen molar-refractivity contribution in [2.75, 3.05) is 7.05 Å². The van der Waals surface area contributed by atoms with E-state index in [1.54, 1.807) is 18.9 Å². The number of rotatable bonds is 5. The van der Waals surface area contributed by atoms with Crippen molar-refractivity contribution in [3.63, 3.8) is 0 Å². The topological polar surface area (TPSA) is 90.5 Å². The normalized spacial score (nSPS) is 28.7. The van der Waals surface area contributed by atoms with Crippen LogP contribution in [-0.2, 0) is 20.8 Å². The molecular weight excluding hydrogens is 404 g/mol. The molecule has 0 radical (unpaired) electrons. The summed E-state index contributed by atoms with van der Waals surface area (Å²) in [5, 5.41) is 9.11. The molecule has 4 rings (SSSR count). The number of amides is 3. The van der Waals surface area contributed by atoms with Gasteiger partial charge in [0, 0.05) is 6.04 Å². The Morgan fingerprint density at radius 3 is 2.53 bits per heavy atom. The van der Waals surface area contributed by atoms with E-state index in [1.165, 1.54) is 11.1 Å². The molecule has 2 heterocycles. The number of benzene rings is 1. The fraction of sp³-hybridized carbons (Fsp3) is 0.640. The summed E-state index contributed by atoms with van der Waals surface area (Å²) in [4.78, 5) is 41.2. The number of aryl methyl sites for hydroxylation is 1. The first kappa shape index (κ1) is 22.8. The number of nitrogens with one attached hydrogen (secondary N) is 3. The van der Waals surface area contributed by atoms with Crippen LogP contribution in [0.2, 0.25) is 0 Å². The van der Waals surface area contributed by atoms with Gasteiger partial charge in [0.15, 0.2) is 0 Å². The largest absolute Gasteiger partial charge is 0.347 e. The summed E-state index contributed by atoms with van der Waals surface area (Å²) < 4.78 is 0. The molecule has 2 saturated heterocycles. The minimum absolute atomic E-state index is 0.00309. The van der Waals surface area contributed by atoms with Crippen LogP contribution in [0.1, 0.15) is 75.5 Å². The Morgan fingerprint density at radius 2 is 1.72 bits per heavy atom. The van der Waals surface area contributed by atoms with Crippen molar-refractivity contribution in [1.82, 2.24) is 20.9 Å². The van der Waals surface area contributed by atoms with Crippen LogP contribution < -0.4 is 16.0 Å². The van der Waals surface area contributed by atoms with Gasteiger partial charge in [0.1, 0.15) is 12.1 Å². The van der Waals surface area contributed by atoms with Gasteiger partial charge in [-0.25, -0.2) is 0 Å². The van der Waals surface area contributed by atoms with Crippen molar-refractivity contribution < 1.29 is 14.4 Å². The van der Waals surface area contributed by atoms with Gasteiger partial charge in [0.25, 0.3) is 0 Å². The maximum Gasteiger partial charge on any atom is 0.246 e. The van der Waals surface area contributed by atoms with E-state index in [0.29, 0.717) is 12.8 Å². The average molecular weight is 441 g/mol. The van der Waals surface area contributed by atoms with Gasteiger partial charge < -0.3 is 20.9 Å². The number of hydrogen-bond donors (Lipinski definition) is 3. The van der Waals surface area contributed by atoms with Crippen LogP contribution >= 0.6 is 0 Å². The summed E-state index contributed by atoms with van der Waals surface area (Å²) in [7, 11) is 1.73. The minimum Gasteiger partial charge on any atom is -0.347 e. The van der Waals surface area contributed by atoms with Crippen LogP contribution in [0.15, 0.2) is 24.3 Å². The lowest BCUT2D eigenvalue weighted by Gasteiger charge is -2.36. The Kier molecular flexibility index (Phi) is 7.13. The van der Waals surface area contributed by atoms with Crippen molar-refractivity contribution in [2.45, 2.75) is 94.9 Å². The first-order valence-electron chi connectivity index (χ1n) is 12.2. The highest BCUT2D eigenvalue weighted by Gasteiger charge is 2.44. The first-order chi connectivity index (χ1) is 15.5. The number of hydrogen-bond acceptors (Lipinski definition) is 4. The molecule has 0 aromatic heterocycles. The van der Waals surface area contributed by atoms with Crippen molar-refractivity contribution >= 4 is 17.7 Å². The molecule has 3 aliphatic rings. The maximum atomic E-state index is 13.5. The Morgan fingerprint density at radius 1 is 0.969 bits per heavy atom. The SMILES string of the molecule is CN[C@@H](C)C(=O)N[C@H]1CCCC[C@H]2CC[C@@H](C(=O)N[C@@H]3CCCc4ccccc43)N2C1=O. The lowest BCUT2D eigenvalue weighted by atomic mass is 9.87. The molecule has 5 atom stereocenters. The van der Waals surface area contributed by atoms with E-state index in [1.807, 2.05) is 12.1 Å². The summed E-state index contributed by atoms with van der Waals surface area (Å²) in [5.74, 6) is -0.341.